The molecule has 0 heteroatoms. The van der Waals surface area contributed by atoms with Gasteiger partial charge in [0.05, 0.1) is 0 Å². The van der Waals surface area contributed by atoms with E-state index in [2.05, 4.69) is 20.4 Å². The van der Waals surface area contributed by atoms with E-state index in [9.17, 15) is 0 Å². The van der Waals surface area contributed by atoms with Gasteiger partial charge in [0, 0.05) is 0 Å². The third kappa shape index (κ3) is 1.12. The van der Waals surface area contributed by atoms with Crippen molar-refractivity contribution in [1.29, 1.82) is 0 Å². The molecule has 2 aliphatic carbocycles. The zero-order chi connectivity index (χ0) is 8.77. The van der Waals surface area contributed by atoms with Crippen molar-refractivity contribution in [3.63, 3.8) is 0 Å². The highest BCUT2D eigenvalue weighted by Crippen LogP contribution is 2.62. The Labute approximate surface area is 76.1 Å². The number of rotatable bonds is 2. The molecule has 0 amide bonds. The van der Waals surface area contributed by atoms with Gasteiger partial charge in [-0.3, -0.25) is 0 Å². The molecule has 2 fully saturated rings. The average molecular weight is 164 g/mol. The Hall–Kier alpha value is -0.260. The predicted molar refractivity (Wildman–Crippen MR) is 53.0 cm³/mol. The molecular weight excluding hydrogens is 144 g/mol. The van der Waals surface area contributed by atoms with Gasteiger partial charge in [-0.1, -0.05) is 26.0 Å². The molecule has 0 nitrogen and oxygen atoms in total. The summed E-state index contributed by atoms with van der Waals surface area (Å²) >= 11 is 0. The minimum atomic E-state index is 0.808. The topological polar surface area (TPSA) is 0 Å². The lowest BCUT2D eigenvalue weighted by molar-refractivity contribution is -0.0494. The molecule has 68 valence electrons. The van der Waals surface area contributed by atoms with E-state index in [-0.39, 0.29) is 0 Å². The van der Waals surface area contributed by atoms with Gasteiger partial charge < -0.3 is 0 Å². The van der Waals surface area contributed by atoms with Crippen LogP contribution in [0.25, 0.3) is 0 Å². The van der Waals surface area contributed by atoms with Crippen LogP contribution in [-0.4, -0.2) is 0 Å². The standard InChI is InChI=1S/C12H20/c1-4-10(3)11-7-12(8-11)5-9(2)6-12/h9,11H,3-8H2,1-2H3. The van der Waals surface area contributed by atoms with Gasteiger partial charge in [0.25, 0.3) is 0 Å². The van der Waals surface area contributed by atoms with Crippen LogP contribution in [0.1, 0.15) is 46.0 Å². The number of hydrogen-bond acceptors (Lipinski definition) is 0. The summed E-state index contributed by atoms with van der Waals surface area (Å²) in [7, 11) is 0. The van der Waals surface area contributed by atoms with Crippen LogP contribution in [0.4, 0.5) is 0 Å². The Morgan fingerprint density at radius 3 is 2.33 bits per heavy atom. The fraction of sp³-hybridized carbons (Fsp3) is 0.833. The van der Waals surface area contributed by atoms with Crippen LogP contribution in [0.15, 0.2) is 12.2 Å². The molecule has 2 rings (SSSR count). The molecule has 0 aromatic heterocycles. The van der Waals surface area contributed by atoms with E-state index in [1.807, 2.05) is 0 Å². The Morgan fingerprint density at radius 2 is 1.92 bits per heavy atom. The summed E-state index contributed by atoms with van der Waals surface area (Å²) in [6.07, 6.45) is 7.12. The van der Waals surface area contributed by atoms with Crippen LogP contribution >= 0.6 is 0 Å². The Balaban J connectivity index is 1.81. The predicted octanol–water partition coefficient (Wildman–Crippen LogP) is 3.78. The Morgan fingerprint density at radius 1 is 1.33 bits per heavy atom. The van der Waals surface area contributed by atoms with Crippen LogP contribution in [0.5, 0.6) is 0 Å². The summed E-state index contributed by atoms with van der Waals surface area (Å²) in [5.74, 6) is 1.91. The molecule has 0 bridgehead atoms. The van der Waals surface area contributed by atoms with Crippen molar-refractivity contribution >= 4 is 0 Å². The van der Waals surface area contributed by atoms with Crippen molar-refractivity contribution in [2.75, 3.05) is 0 Å². The highest BCUT2D eigenvalue weighted by molar-refractivity contribution is 5.13. The number of hydrogen-bond donors (Lipinski definition) is 0. The van der Waals surface area contributed by atoms with E-state index in [1.54, 1.807) is 0 Å². The van der Waals surface area contributed by atoms with Crippen molar-refractivity contribution in [2.24, 2.45) is 17.3 Å². The first-order valence-electron chi connectivity index (χ1n) is 5.33. The zero-order valence-electron chi connectivity index (χ0n) is 8.40. The highest BCUT2D eigenvalue weighted by Gasteiger charge is 2.51. The molecule has 0 atom stereocenters. The molecular formula is C12H20. The summed E-state index contributed by atoms with van der Waals surface area (Å²) in [4.78, 5) is 0. The van der Waals surface area contributed by atoms with Gasteiger partial charge in [-0.05, 0) is 49.4 Å². The fourth-order valence-electron chi connectivity index (χ4n) is 3.31. The molecule has 0 unspecified atom stereocenters. The van der Waals surface area contributed by atoms with E-state index in [1.165, 1.54) is 37.7 Å². The number of allylic oxidation sites excluding steroid dienone is 1. The molecule has 0 aliphatic heterocycles. The minimum Gasteiger partial charge on any atom is -0.0996 e. The second kappa shape index (κ2) is 2.61. The summed E-state index contributed by atoms with van der Waals surface area (Å²) < 4.78 is 0. The quantitative estimate of drug-likeness (QED) is 0.545. The SMILES string of the molecule is C=C(CC)C1CC2(CC(C)C2)C1. The van der Waals surface area contributed by atoms with Gasteiger partial charge in [0.15, 0.2) is 0 Å². The summed E-state index contributed by atoms with van der Waals surface area (Å²) in [5, 5.41) is 0. The monoisotopic (exact) mass is 164 g/mol. The summed E-state index contributed by atoms with van der Waals surface area (Å²) in [6, 6.07) is 0. The van der Waals surface area contributed by atoms with Gasteiger partial charge in [-0.15, -0.1) is 0 Å². The molecule has 0 radical (unpaired) electrons. The lowest BCUT2D eigenvalue weighted by Gasteiger charge is -2.58. The normalized spacial score (nSPS) is 45.2. The van der Waals surface area contributed by atoms with Crippen LogP contribution in [0, 0.1) is 17.3 Å². The lowest BCUT2D eigenvalue weighted by Crippen LogP contribution is -2.47. The zero-order valence-corrected chi connectivity index (χ0v) is 8.40. The van der Waals surface area contributed by atoms with E-state index in [0.717, 1.165) is 17.3 Å². The van der Waals surface area contributed by atoms with Gasteiger partial charge in [-0.2, -0.15) is 0 Å². The van der Waals surface area contributed by atoms with Crippen molar-refractivity contribution in [3.05, 3.63) is 12.2 Å². The van der Waals surface area contributed by atoms with Crippen molar-refractivity contribution in [3.8, 4) is 0 Å². The third-order valence-electron chi connectivity index (χ3n) is 3.95. The van der Waals surface area contributed by atoms with Gasteiger partial charge in [0.1, 0.15) is 0 Å². The van der Waals surface area contributed by atoms with Crippen LogP contribution in [0.3, 0.4) is 0 Å². The Bertz CT molecular complexity index is 188. The van der Waals surface area contributed by atoms with Gasteiger partial charge in [0.2, 0.25) is 0 Å². The fourth-order valence-corrected chi connectivity index (χ4v) is 3.31. The van der Waals surface area contributed by atoms with Crippen LogP contribution < -0.4 is 0 Å². The maximum Gasteiger partial charge on any atom is -0.0195 e. The van der Waals surface area contributed by atoms with Gasteiger partial charge >= 0.3 is 0 Å². The first kappa shape index (κ1) is 8.34. The Kier molecular flexibility index (Phi) is 1.82. The molecule has 0 aromatic carbocycles. The first-order chi connectivity index (χ1) is 5.65. The molecule has 2 saturated carbocycles. The van der Waals surface area contributed by atoms with E-state index < -0.39 is 0 Å². The lowest BCUT2D eigenvalue weighted by atomic mass is 9.47. The second-order valence-corrected chi connectivity index (χ2v) is 5.13. The van der Waals surface area contributed by atoms with Crippen LogP contribution in [-0.2, 0) is 0 Å². The maximum atomic E-state index is 4.14. The summed E-state index contributed by atoms with van der Waals surface area (Å²) in [6.45, 7) is 8.75. The van der Waals surface area contributed by atoms with Crippen molar-refractivity contribution < 1.29 is 0 Å². The first-order valence-corrected chi connectivity index (χ1v) is 5.33. The highest BCUT2D eigenvalue weighted by atomic mass is 14.6. The van der Waals surface area contributed by atoms with Crippen molar-refractivity contribution in [1.82, 2.24) is 0 Å². The molecule has 1 spiro atoms. The molecule has 0 heterocycles. The third-order valence-corrected chi connectivity index (χ3v) is 3.95. The molecule has 0 N–H and O–H groups in total. The molecule has 2 aliphatic rings. The maximum absolute atomic E-state index is 4.14. The smallest absolute Gasteiger partial charge is 0.0195 e. The van der Waals surface area contributed by atoms with E-state index in [4.69, 9.17) is 0 Å². The summed E-state index contributed by atoms with van der Waals surface area (Å²) in [5.41, 5.74) is 2.31. The largest absolute Gasteiger partial charge is 0.0996 e. The molecule has 0 saturated heterocycles. The van der Waals surface area contributed by atoms with Crippen LogP contribution in [0.2, 0.25) is 0 Å². The molecule has 12 heavy (non-hydrogen) atoms. The van der Waals surface area contributed by atoms with Gasteiger partial charge in [-0.25, -0.2) is 0 Å². The second-order valence-electron chi connectivity index (χ2n) is 5.13. The minimum absolute atomic E-state index is 0.808. The average Bonchev–Trinajstić information content (AvgIpc) is 1.92. The van der Waals surface area contributed by atoms with E-state index >= 15 is 0 Å². The molecule has 0 aromatic rings. The van der Waals surface area contributed by atoms with E-state index in [0.29, 0.717) is 0 Å². The van der Waals surface area contributed by atoms with Crippen molar-refractivity contribution in [2.45, 2.75) is 46.0 Å².